The Labute approximate surface area is 176 Å². The van der Waals surface area contributed by atoms with Crippen molar-refractivity contribution in [1.29, 1.82) is 0 Å². The van der Waals surface area contributed by atoms with Crippen molar-refractivity contribution in [3.05, 3.63) is 48.0 Å². The van der Waals surface area contributed by atoms with Gasteiger partial charge in [0.15, 0.2) is 6.61 Å². The third-order valence-electron chi connectivity index (χ3n) is 5.17. The molecule has 7 heteroatoms. The lowest BCUT2D eigenvalue weighted by Crippen LogP contribution is -2.47. The maximum atomic E-state index is 12.7. The lowest BCUT2D eigenvalue weighted by Gasteiger charge is -2.27. The van der Waals surface area contributed by atoms with Gasteiger partial charge in [0.25, 0.3) is 5.91 Å². The first kappa shape index (κ1) is 21.8. The van der Waals surface area contributed by atoms with E-state index in [4.69, 9.17) is 9.47 Å². The zero-order valence-corrected chi connectivity index (χ0v) is 17.4. The number of benzene rings is 2. The monoisotopic (exact) mass is 412 g/mol. The number of amides is 2. The molecule has 1 aliphatic heterocycles. The van der Waals surface area contributed by atoms with Crippen LogP contribution in [0.3, 0.4) is 0 Å². The Balaban J connectivity index is 1.58. The minimum absolute atomic E-state index is 0.157. The highest BCUT2D eigenvalue weighted by Crippen LogP contribution is 2.19. The number of hydrogen-bond donors (Lipinski definition) is 1. The molecule has 1 atom stereocenters. The molecule has 2 amide bonds. The van der Waals surface area contributed by atoms with Gasteiger partial charge >= 0.3 is 5.97 Å². The largest absolute Gasteiger partial charge is 0.454 e. The molecular weight excluding hydrogens is 384 g/mol. The number of nitrogens with zero attached hydrogens (tertiary/aromatic N) is 1. The lowest BCUT2D eigenvalue weighted by molar-refractivity contribution is -0.156. The summed E-state index contributed by atoms with van der Waals surface area (Å²) in [6, 6.07) is 12.9. The van der Waals surface area contributed by atoms with E-state index in [9.17, 15) is 14.4 Å². The number of fused-ring (bicyclic) bond motifs is 1. The van der Waals surface area contributed by atoms with E-state index >= 15 is 0 Å². The fraction of sp³-hybridized carbons (Fsp3) is 0.435. The number of ether oxygens (including phenoxy) is 2. The van der Waals surface area contributed by atoms with Gasteiger partial charge in [0.2, 0.25) is 5.91 Å². The number of carbonyl (C=O) groups is 3. The van der Waals surface area contributed by atoms with Gasteiger partial charge in [0.1, 0.15) is 6.04 Å². The first-order valence-electron chi connectivity index (χ1n) is 10.2. The average molecular weight is 412 g/mol. The average Bonchev–Trinajstić information content (AvgIpc) is 2.76. The fourth-order valence-electron chi connectivity index (χ4n) is 3.47. The summed E-state index contributed by atoms with van der Waals surface area (Å²) in [5, 5.41) is 4.84. The van der Waals surface area contributed by atoms with E-state index in [1.165, 1.54) is 0 Å². The zero-order chi connectivity index (χ0) is 21.5. The maximum absolute atomic E-state index is 12.7. The highest BCUT2D eigenvalue weighted by atomic mass is 16.5. The quantitative estimate of drug-likeness (QED) is 0.703. The van der Waals surface area contributed by atoms with E-state index in [-0.39, 0.29) is 30.8 Å². The predicted molar refractivity (Wildman–Crippen MR) is 113 cm³/mol. The second kappa shape index (κ2) is 10.2. The molecule has 1 saturated heterocycles. The fourth-order valence-corrected chi connectivity index (χ4v) is 3.47. The molecule has 0 saturated carbocycles. The number of nitrogens with one attached hydrogen (secondary N) is 1. The van der Waals surface area contributed by atoms with Crippen molar-refractivity contribution in [3.63, 3.8) is 0 Å². The van der Waals surface area contributed by atoms with Crippen LogP contribution >= 0.6 is 0 Å². The van der Waals surface area contributed by atoms with Crippen molar-refractivity contribution in [2.45, 2.75) is 26.3 Å². The molecule has 3 rings (SSSR count). The first-order chi connectivity index (χ1) is 14.5. The number of hydrogen-bond acceptors (Lipinski definition) is 5. The lowest BCUT2D eigenvalue weighted by atomic mass is 10.0. The molecule has 160 valence electrons. The van der Waals surface area contributed by atoms with Crippen LogP contribution in [-0.2, 0) is 30.3 Å². The highest BCUT2D eigenvalue weighted by molar-refractivity contribution is 5.92. The summed E-state index contributed by atoms with van der Waals surface area (Å²) in [5.74, 6) is -1.29. The van der Waals surface area contributed by atoms with Crippen molar-refractivity contribution in [2.75, 3.05) is 32.9 Å². The van der Waals surface area contributed by atoms with Gasteiger partial charge in [-0.1, -0.05) is 56.3 Å². The molecule has 0 spiro atoms. The number of carbonyl (C=O) groups excluding carboxylic acids is 3. The Hall–Kier alpha value is -2.93. The van der Waals surface area contributed by atoms with Gasteiger partial charge in [-0.15, -0.1) is 0 Å². The molecule has 1 heterocycles. The van der Waals surface area contributed by atoms with Gasteiger partial charge in [0.05, 0.1) is 19.6 Å². The number of morpholine rings is 1. The molecule has 0 bridgehead atoms. The van der Waals surface area contributed by atoms with Crippen molar-refractivity contribution in [3.8, 4) is 0 Å². The SMILES string of the molecule is CC(C)C(NC(=O)Cc1cccc2ccccc12)C(=O)OCC(=O)N1CCOCC1. The normalized spacial score (nSPS) is 15.1. The maximum Gasteiger partial charge on any atom is 0.329 e. The van der Waals surface area contributed by atoms with Crippen LogP contribution in [0.1, 0.15) is 19.4 Å². The summed E-state index contributed by atoms with van der Waals surface area (Å²) >= 11 is 0. The first-order valence-corrected chi connectivity index (χ1v) is 10.2. The van der Waals surface area contributed by atoms with Crippen LogP contribution in [0.4, 0.5) is 0 Å². The third kappa shape index (κ3) is 5.57. The predicted octanol–water partition coefficient (Wildman–Crippen LogP) is 1.93. The number of rotatable bonds is 7. The molecule has 0 aromatic heterocycles. The van der Waals surface area contributed by atoms with E-state index in [1.807, 2.05) is 56.3 Å². The zero-order valence-electron chi connectivity index (χ0n) is 17.4. The molecule has 0 radical (unpaired) electrons. The standard InChI is InChI=1S/C23H28N2O5/c1-16(2)22(23(28)30-15-21(27)25-10-12-29-13-11-25)24-20(26)14-18-8-5-7-17-6-3-4-9-19(17)18/h3-9,16,22H,10-15H2,1-2H3,(H,24,26). The Morgan fingerprint density at radius 1 is 1.07 bits per heavy atom. The second-order valence-corrected chi connectivity index (χ2v) is 7.71. The van der Waals surface area contributed by atoms with Crippen LogP contribution in [0.15, 0.2) is 42.5 Å². The van der Waals surface area contributed by atoms with Crippen LogP contribution in [0.25, 0.3) is 10.8 Å². The molecule has 2 aromatic rings. The summed E-state index contributed by atoms with van der Waals surface area (Å²) in [5.41, 5.74) is 0.893. The molecule has 30 heavy (non-hydrogen) atoms. The van der Waals surface area contributed by atoms with Gasteiger partial charge in [-0.2, -0.15) is 0 Å². The van der Waals surface area contributed by atoms with Crippen molar-refractivity contribution in [2.24, 2.45) is 5.92 Å². The topological polar surface area (TPSA) is 84.9 Å². The van der Waals surface area contributed by atoms with E-state index in [0.717, 1.165) is 16.3 Å². The number of esters is 1. The van der Waals surface area contributed by atoms with E-state index in [0.29, 0.717) is 26.3 Å². The second-order valence-electron chi connectivity index (χ2n) is 7.71. The molecule has 1 unspecified atom stereocenters. The van der Waals surface area contributed by atoms with E-state index < -0.39 is 12.0 Å². The van der Waals surface area contributed by atoms with E-state index in [1.54, 1.807) is 4.90 Å². The minimum atomic E-state index is -0.815. The van der Waals surface area contributed by atoms with Crippen molar-refractivity contribution >= 4 is 28.6 Å². The molecule has 7 nitrogen and oxygen atoms in total. The Morgan fingerprint density at radius 3 is 2.50 bits per heavy atom. The molecule has 1 N–H and O–H groups in total. The van der Waals surface area contributed by atoms with Crippen LogP contribution in [-0.4, -0.2) is 61.6 Å². The summed E-state index contributed by atoms with van der Waals surface area (Å²) < 4.78 is 10.4. The van der Waals surface area contributed by atoms with Gasteiger partial charge in [-0.25, -0.2) is 4.79 Å². The van der Waals surface area contributed by atoms with Gasteiger partial charge in [-0.05, 0) is 22.3 Å². The van der Waals surface area contributed by atoms with Crippen LogP contribution in [0.2, 0.25) is 0 Å². The Morgan fingerprint density at radius 2 is 1.77 bits per heavy atom. The van der Waals surface area contributed by atoms with Gasteiger partial charge in [-0.3, -0.25) is 9.59 Å². The van der Waals surface area contributed by atoms with E-state index in [2.05, 4.69) is 5.32 Å². The van der Waals surface area contributed by atoms with Gasteiger partial charge < -0.3 is 19.7 Å². The van der Waals surface area contributed by atoms with Crippen molar-refractivity contribution in [1.82, 2.24) is 10.2 Å². The Bertz CT molecular complexity index is 900. The van der Waals surface area contributed by atoms with Gasteiger partial charge in [0, 0.05) is 13.1 Å². The molecule has 0 aliphatic carbocycles. The van der Waals surface area contributed by atoms with Crippen molar-refractivity contribution < 1.29 is 23.9 Å². The summed E-state index contributed by atoms with van der Waals surface area (Å²) in [7, 11) is 0. The molecule has 1 aliphatic rings. The molecular formula is C23H28N2O5. The Kier molecular flexibility index (Phi) is 7.41. The highest BCUT2D eigenvalue weighted by Gasteiger charge is 2.27. The van der Waals surface area contributed by atoms with Crippen LogP contribution in [0.5, 0.6) is 0 Å². The summed E-state index contributed by atoms with van der Waals surface area (Å²) in [6.45, 7) is 5.28. The molecule has 2 aromatic carbocycles. The molecule has 1 fully saturated rings. The summed E-state index contributed by atoms with van der Waals surface area (Å²) in [4.78, 5) is 39.0. The van der Waals surface area contributed by atoms with Crippen LogP contribution < -0.4 is 5.32 Å². The third-order valence-corrected chi connectivity index (χ3v) is 5.17. The summed E-state index contributed by atoms with van der Waals surface area (Å²) in [6.07, 6.45) is 0.157. The van der Waals surface area contributed by atoms with Crippen LogP contribution in [0, 0.1) is 5.92 Å². The smallest absolute Gasteiger partial charge is 0.329 e. The minimum Gasteiger partial charge on any atom is -0.454 e.